The molecule has 5 nitrogen and oxygen atoms in total. The van der Waals surface area contributed by atoms with Gasteiger partial charge in [-0.3, -0.25) is 9.36 Å². The lowest BCUT2D eigenvalue weighted by Crippen LogP contribution is -2.42. The summed E-state index contributed by atoms with van der Waals surface area (Å²) >= 11 is 6.04. The van der Waals surface area contributed by atoms with Gasteiger partial charge in [0.1, 0.15) is 5.82 Å². The second-order valence-electron chi connectivity index (χ2n) is 5.40. The molecule has 1 aliphatic heterocycles. The topological polar surface area (TPSA) is 56.9 Å². The van der Waals surface area contributed by atoms with Crippen LogP contribution in [0.2, 0.25) is 5.02 Å². The molecule has 3 heterocycles. The zero-order valence-electron chi connectivity index (χ0n) is 12.0. The Morgan fingerprint density at radius 2 is 1.95 bits per heavy atom. The second-order valence-corrected chi connectivity index (χ2v) is 5.80. The van der Waals surface area contributed by atoms with Gasteiger partial charge in [-0.1, -0.05) is 11.6 Å². The van der Waals surface area contributed by atoms with Gasteiger partial charge in [-0.25, -0.2) is 14.3 Å². The molecule has 3 rings (SSSR count). The number of hydrogen-bond acceptors (Lipinski definition) is 3. The Bertz CT molecular complexity index is 836. The van der Waals surface area contributed by atoms with Crippen molar-refractivity contribution in [3.63, 3.8) is 0 Å². The Morgan fingerprint density at radius 3 is 2.71 bits per heavy atom. The molecule has 0 aromatic carbocycles. The van der Waals surface area contributed by atoms with Crippen molar-refractivity contribution in [3.8, 4) is 5.82 Å². The molecule has 0 radical (unpaired) electrons. The lowest BCUT2D eigenvalue weighted by atomic mass is 10.1. The summed E-state index contributed by atoms with van der Waals surface area (Å²) in [6, 6.07) is 3.28. The number of aryl methyl sites for hydroxylation is 3. The third-order valence-electron chi connectivity index (χ3n) is 3.87. The number of rotatable bonds is 1. The van der Waals surface area contributed by atoms with Crippen LogP contribution in [-0.4, -0.2) is 14.1 Å². The number of hydrogen-bond donors (Lipinski definition) is 0. The highest BCUT2D eigenvalue weighted by Gasteiger charge is 2.18. The molecule has 0 saturated heterocycles. The minimum atomic E-state index is -0.328. The maximum absolute atomic E-state index is 12.6. The maximum Gasteiger partial charge on any atom is 0.337 e. The fourth-order valence-corrected chi connectivity index (χ4v) is 2.93. The van der Waals surface area contributed by atoms with Gasteiger partial charge < -0.3 is 0 Å². The van der Waals surface area contributed by atoms with Crippen molar-refractivity contribution in [3.05, 3.63) is 54.9 Å². The zero-order chi connectivity index (χ0) is 15.1. The first-order chi connectivity index (χ1) is 9.99. The van der Waals surface area contributed by atoms with Crippen LogP contribution in [0.5, 0.6) is 0 Å². The third kappa shape index (κ3) is 2.31. The summed E-state index contributed by atoms with van der Waals surface area (Å²) in [5.74, 6) is 0.368. The van der Waals surface area contributed by atoms with Crippen LogP contribution < -0.4 is 11.2 Å². The molecule has 0 spiro atoms. The van der Waals surface area contributed by atoms with Gasteiger partial charge in [0.2, 0.25) is 0 Å². The van der Waals surface area contributed by atoms with Gasteiger partial charge in [-0.05, 0) is 44.7 Å². The molecule has 6 heteroatoms. The molecular weight excluding hydrogens is 290 g/mol. The highest BCUT2D eigenvalue weighted by atomic mass is 35.5. The van der Waals surface area contributed by atoms with Crippen LogP contribution >= 0.6 is 11.6 Å². The first-order valence-electron chi connectivity index (χ1n) is 6.99. The van der Waals surface area contributed by atoms with E-state index in [1.807, 2.05) is 0 Å². The van der Waals surface area contributed by atoms with Gasteiger partial charge in [0, 0.05) is 18.3 Å². The number of nitrogens with zero attached hydrogens (tertiary/aromatic N) is 3. The molecule has 0 bridgehead atoms. The highest BCUT2D eigenvalue weighted by Crippen LogP contribution is 2.18. The van der Waals surface area contributed by atoms with E-state index in [1.54, 1.807) is 30.5 Å². The highest BCUT2D eigenvalue weighted by molar-refractivity contribution is 6.31. The van der Waals surface area contributed by atoms with Crippen LogP contribution in [-0.2, 0) is 13.0 Å². The Hall–Kier alpha value is -1.88. The van der Waals surface area contributed by atoms with Crippen LogP contribution in [0.1, 0.15) is 29.8 Å². The average molecular weight is 306 g/mol. The van der Waals surface area contributed by atoms with Crippen molar-refractivity contribution in [2.75, 3.05) is 0 Å². The molecule has 0 atom stereocenters. The largest absolute Gasteiger partial charge is 0.337 e. The van der Waals surface area contributed by atoms with Gasteiger partial charge in [0.25, 0.3) is 5.56 Å². The summed E-state index contributed by atoms with van der Waals surface area (Å²) in [5, 5.41) is 0.530. The van der Waals surface area contributed by atoms with E-state index in [9.17, 15) is 9.59 Å². The Kier molecular flexibility index (Phi) is 3.45. The number of aromatic nitrogens is 3. The van der Waals surface area contributed by atoms with Crippen LogP contribution in [0.4, 0.5) is 0 Å². The lowest BCUT2D eigenvalue weighted by molar-refractivity contribution is 0.490. The summed E-state index contributed by atoms with van der Waals surface area (Å²) in [5.41, 5.74) is 1.49. The van der Waals surface area contributed by atoms with Crippen molar-refractivity contribution in [1.82, 2.24) is 14.1 Å². The lowest BCUT2D eigenvalue weighted by Gasteiger charge is -2.19. The van der Waals surface area contributed by atoms with Gasteiger partial charge in [0.15, 0.2) is 0 Å². The van der Waals surface area contributed by atoms with E-state index in [0.29, 0.717) is 28.6 Å². The normalized spacial score (nSPS) is 14.0. The standard InChI is InChI=1S/C15H16ClN3O2/c1-9-7-12(16)10(2)17-14(9)19-13(20)8-11-5-3-4-6-18(11)15(19)21/h7-8H,3-6H2,1-2H3. The van der Waals surface area contributed by atoms with Crippen molar-refractivity contribution < 1.29 is 0 Å². The molecule has 2 aromatic heterocycles. The SMILES string of the molecule is Cc1cc(Cl)c(C)nc1-n1c(=O)cc2n(c1=O)CCCC2. The molecule has 110 valence electrons. The van der Waals surface area contributed by atoms with Crippen molar-refractivity contribution in [2.24, 2.45) is 0 Å². The molecule has 2 aromatic rings. The maximum atomic E-state index is 12.6. The minimum absolute atomic E-state index is 0.311. The van der Waals surface area contributed by atoms with Gasteiger partial charge >= 0.3 is 5.69 Å². The first kappa shape index (κ1) is 14.1. The predicted molar refractivity (Wildman–Crippen MR) is 81.5 cm³/mol. The summed E-state index contributed by atoms with van der Waals surface area (Å²) in [4.78, 5) is 29.3. The van der Waals surface area contributed by atoms with Crippen molar-refractivity contribution in [2.45, 2.75) is 39.7 Å². The molecular formula is C15H16ClN3O2. The molecule has 0 N–H and O–H groups in total. The fraction of sp³-hybridized carbons (Fsp3) is 0.400. The second kappa shape index (κ2) is 5.15. The smallest absolute Gasteiger partial charge is 0.297 e. The van der Waals surface area contributed by atoms with E-state index in [4.69, 9.17) is 11.6 Å². The van der Waals surface area contributed by atoms with E-state index < -0.39 is 0 Å². The van der Waals surface area contributed by atoms with E-state index in [-0.39, 0.29) is 11.2 Å². The number of fused-ring (bicyclic) bond motifs is 1. The van der Waals surface area contributed by atoms with E-state index in [0.717, 1.165) is 29.5 Å². The van der Waals surface area contributed by atoms with E-state index >= 15 is 0 Å². The van der Waals surface area contributed by atoms with Crippen molar-refractivity contribution >= 4 is 11.6 Å². The number of pyridine rings is 1. The summed E-state index contributed by atoms with van der Waals surface area (Å²) in [7, 11) is 0. The van der Waals surface area contributed by atoms with Crippen molar-refractivity contribution in [1.29, 1.82) is 0 Å². The molecule has 0 fully saturated rings. The molecule has 21 heavy (non-hydrogen) atoms. The Morgan fingerprint density at radius 1 is 1.19 bits per heavy atom. The summed E-state index contributed by atoms with van der Waals surface area (Å²) in [6.07, 6.45) is 2.74. The van der Waals surface area contributed by atoms with Crippen LogP contribution in [0.25, 0.3) is 5.82 Å². The van der Waals surface area contributed by atoms with Crippen LogP contribution in [0.15, 0.2) is 21.7 Å². The zero-order valence-corrected chi connectivity index (χ0v) is 12.8. The first-order valence-corrected chi connectivity index (χ1v) is 7.36. The quantitative estimate of drug-likeness (QED) is 0.810. The average Bonchev–Trinajstić information content (AvgIpc) is 2.44. The summed E-state index contributed by atoms with van der Waals surface area (Å²) < 4.78 is 2.82. The van der Waals surface area contributed by atoms with E-state index in [2.05, 4.69) is 4.98 Å². The Balaban J connectivity index is 2.31. The monoisotopic (exact) mass is 305 g/mol. The van der Waals surface area contributed by atoms with Crippen LogP contribution in [0.3, 0.4) is 0 Å². The van der Waals surface area contributed by atoms with E-state index in [1.165, 1.54) is 0 Å². The van der Waals surface area contributed by atoms with Crippen LogP contribution in [0, 0.1) is 13.8 Å². The van der Waals surface area contributed by atoms with Gasteiger partial charge in [0.05, 0.1) is 10.7 Å². The Labute approximate surface area is 126 Å². The molecule has 0 aliphatic carbocycles. The molecule has 0 saturated carbocycles. The summed E-state index contributed by atoms with van der Waals surface area (Å²) in [6.45, 7) is 4.20. The molecule has 0 amide bonds. The molecule has 1 aliphatic rings. The van der Waals surface area contributed by atoms with Gasteiger partial charge in [-0.2, -0.15) is 0 Å². The predicted octanol–water partition coefficient (Wildman–Crippen LogP) is 2.00. The number of halogens is 1. The van der Waals surface area contributed by atoms with Gasteiger partial charge in [-0.15, -0.1) is 0 Å². The fourth-order valence-electron chi connectivity index (χ4n) is 2.73. The third-order valence-corrected chi connectivity index (χ3v) is 4.25. The minimum Gasteiger partial charge on any atom is -0.297 e. The molecule has 0 unspecified atom stereocenters.